The Labute approximate surface area is 207 Å². The van der Waals surface area contributed by atoms with Crippen molar-refractivity contribution in [2.75, 3.05) is 13.3 Å². The molecule has 0 saturated heterocycles. The molecule has 2 aromatic rings. The Balaban J connectivity index is 1.75. The van der Waals surface area contributed by atoms with E-state index in [0.717, 1.165) is 0 Å². The number of hydrogen-bond acceptors (Lipinski definition) is 0. The van der Waals surface area contributed by atoms with Gasteiger partial charge in [-0.15, -0.1) is 7.92 Å². The molecule has 0 fully saturated rings. The van der Waals surface area contributed by atoms with E-state index in [2.05, 4.69) is 80.9 Å². The highest BCUT2D eigenvalue weighted by Crippen LogP contribution is 2.50. The van der Waals surface area contributed by atoms with Crippen molar-refractivity contribution in [3.05, 3.63) is 71.8 Å². The molecule has 0 aromatic heterocycles. The Bertz CT molecular complexity index is 649. The van der Waals surface area contributed by atoms with Gasteiger partial charge in [0.25, 0.3) is 0 Å². The van der Waals surface area contributed by atoms with Gasteiger partial charge in [0.2, 0.25) is 0 Å². The van der Waals surface area contributed by atoms with Crippen LogP contribution in [0, 0.1) is 0 Å². The van der Waals surface area contributed by atoms with Gasteiger partial charge in [-0.05, 0) is 48.9 Å². The summed E-state index contributed by atoms with van der Waals surface area (Å²) in [6, 6.07) is 22.5. The molecule has 0 aliphatic heterocycles. The topological polar surface area (TPSA) is 0 Å². The van der Waals surface area contributed by atoms with E-state index in [9.17, 15) is 0 Å². The second-order valence-electron chi connectivity index (χ2n) is 10.4. The predicted molar refractivity (Wildman–Crippen MR) is 152 cm³/mol. The van der Waals surface area contributed by atoms with E-state index in [-0.39, 0.29) is 7.92 Å². The van der Waals surface area contributed by atoms with Crippen LogP contribution in [0.15, 0.2) is 60.7 Å². The Morgan fingerprint density at radius 2 is 0.879 bits per heavy atom. The van der Waals surface area contributed by atoms with E-state index in [0.29, 0.717) is 5.16 Å². The molecule has 0 heterocycles. The lowest BCUT2D eigenvalue weighted by atomic mass is 9.87. The third-order valence-electron chi connectivity index (χ3n) is 7.45. The number of unbranched alkanes of at least 4 members (excludes halogenated alkanes) is 12. The molecule has 1 heteroatoms. The fourth-order valence-electron chi connectivity index (χ4n) is 5.20. The van der Waals surface area contributed by atoms with Crippen molar-refractivity contribution in [3.8, 4) is 0 Å². The highest BCUT2D eigenvalue weighted by molar-refractivity contribution is 7.57. The van der Waals surface area contributed by atoms with Crippen molar-refractivity contribution < 1.29 is 0 Å². The molecule has 0 atom stereocenters. The zero-order valence-electron chi connectivity index (χ0n) is 22.0. The molecule has 2 aromatic carbocycles. The highest BCUT2D eigenvalue weighted by atomic mass is 31.1. The lowest BCUT2D eigenvalue weighted by Crippen LogP contribution is -2.32. The van der Waals surface area contributed by atoms with Crippen LogP contribution in [-0.4, -0.2) is 18.5 Å². The van der Waals surface area contributed by atoms with Crippen LogP contribution < -0.4 is 0 Å². The van der Waals surface area contributed by atoms with Gasteiger partial charge >= 0.3 is 0 Å². The summed E-state index contributed by atoms with van der Waals surface area (Å²) in [6.07, 6.45) is 22.4. The quantitative estimate of drug-likeness (QED) is 0.143. The third-order valence-corrected chi connectivity index (χ3v) is 9.88. The average molecular weight is 467 g/mol. The van der Waals surface area contributed by atoms with Crippen molar-refractivity contribution in [2.45, 2.75) is 115 Å². The number of benzene rings is 2. The monoisotopic (exact) mass is 466 g/mol. The van der Waals surface area contributed by atoms with Crippen LogP contribution in [0.3, 0.4) is 0 Å². The van der Waals surface area contributed by atoms with Crippen LogP contribution in [0.25, 0.3) is 0 Å². The lowest BCUT2D eigenvalue weighted by molar-refractivity contribution is 0.475. The lowest BCUT2D eigenvalue weighted by Gasteiger charge is -2.39. The third kappa shape index (κ3) is 11.7. The molecule has 0 N–H and O–H groups in total. The fraction of sp³-hybridized carbons (Fsp3) is 0.625. The van der Waals surface area contributed by atoms with Crippen LogP contribution in [0.2, 0.25) is 0 Å². The minimum atomic E-state index is -0.0360. The smallest absolute Gasteiger partial charge is 0.00187 e. The molecule has 0 saturated carbocycles. The zero-order valence-corrected chi connectivity index (χ0v) is 22.9. The molecule has 0 nitrogen and oxygen atoms in total. The van der Waals surface area contributed by atoms with E-state index < -0.39 is 0 Å². The van der Waals surface area contributed by atoms with E-state index in [1.165, 1.54) is 114 Å². The molecule has 0 amide bonds. The van der Waals surface area contributed by atoms with Crippen LogP contribution in [0.5, 0.6) is 0 Å². The van der Waals surface area contributed by atoms with Gasteiger partial charge in [0.05, 0.1) is 0 Å². The number of hydrogen-bond donors (Lipinski definition) is 0. The van der Waals surface area contributed by atoms with Gasteiger partial charge in [-0.2, -0.15) is 0 Å². The predicted octanol–water partition coefficient (Wildman–Crippen LogP) is 10.4. The normalized spacial score (nSPS) is 11.9. The first kappa shape index (κ1) is 28.1. The standard InChI is InChI=1S/C32H51P/c1-4-5-6-7-8-9-10-11-12-13-14-15-22-27-32(33(2)3,28-30-23-18-16-19-24-30)29-31-25-20-17-21-26-31/h16-21,23-26H,4-15,22,27-29H2,1-3H3. The summed E-state index contributed by atoms with van der Waals surface area (Å²) in [6.45, 7) is 7.34. The second kappa shape index (κ2) is 17.3. The average Bonchev–Trinajstić information content (AvgIpc) is 2.83. The molecule has 0 unspecified atom stereocenters. The van der Waals surface area contributed by atoms with Gasteiger partial charge in [0, 0.05) is 0 Å². The Morgan fingerprint density at radius 1 is 0.515 bits per heavy atom. The van der Waals surface area contributed by atoms with Crippen LogP contribution in [-0.2, 0) is 12.8 Å². The summed E-state index contributed by atoms with van der Waals surface area (Å²) in [5.74, 6) is 0. The molecule has 0 aliphatic carbocycles. The minimum Gasteiger partial charge on any atom is -0.106 e. The van der Waals surface area contributed by atoms with Gasteiger partial charge in [-0.1, -0.05) is 151 Å². The second-order valence-corrected chi connectivity index (χ2v) is 13.2. The summed E-state index contributed by atoms with van der Waals surface area (Å²) < 4.78 is 0. The van der Waals surface area contributed by atoms with Gasteiger partial charge in [-0.25, -0.2) is 0 Å². The summed E-state index contributed by atoms with van der Waals surface area (Å²) in [7, 11) is -0.0360. The maximum atomic E-state index is 2.52. The van der Waals surface area contributed by atoms with Crippen molar-refractivity contribution in [2.24, 2.45) is 0 Å². The summed E-state index contributed by atoms with van der Waals surface area (Å²) >= 11 is 0. The van der Waals surface area contributed by atoms with Crippen molar-refractivity contribution in [1.29, 1.82) is 0 Å². The molecule has 2 rings (SSSR count). The summed E-state index contributed by atoms with van der Waals surface area (Å²) in [5.41, 5.74) is 3.03. The SMILES string of the molecule is CCCCCCCCCCCCCCCC(Cc1ccccc1)(Cc1ccccc1)P(C)C. The maximum Gasteiger partial charge on any atom is -0.00187 e. The zero-order chi connectivity index (χ0) is 23.6. The van der Waals surface area contributed by atoms with Gasteiger partial charge in [0.1, 0.15) is 0 Å². The molecule has 0 radical (unpaired) electrons. The first-order valence-electron chi connectivity index (χ1n) is 13.9. The Morgan fingerprint density at radius 3 is 1.24 bits per heavy atom. The molecular weight excluding hydrogens is 415 g/mol. The van der Waals surface area contributed by atoms with E-state index in [4.69, 9.17) is 0 Å². The molecule has 0 aliphatic rings. The van der Waals surface area contributed by atoms with Crippen LogP contribution >= 0.6 is 7.92 Å². The summed E-state index contributed by atoms with van der Waals surface area (Å²) in [4.78, 5) is 0. The van der Waals surface area contributed by atoms with Gasteiger partial charge < -0.3 is 0 Å². The van der Waals surface area contributed by atoms with Crippen molar-refractivity contribution in [1.82, 2.24) is 0 Å². The molecule has 0 bridgehead atoms. The highest BCUT2D eigenvalue weighted by Gasteiger charge is 2.33. The van der Waals surface area contributed by atoms with Crippen molar-refractivity contribution >= 4 is 7.92 Å². The van der Waals surface area contributed by atoms with Crippen LogP contribution in [0.4, 0.5) is 0 Å². The molecule has 184 valence electrons. The molecule has 33 heavy (non-hydrogen) atoms. The molecule has 0 spiro atoms. The maximum absolute atomic E-state index is 2.52. The van der Waals surface area contributed by atoms with E-state index >= 15 is 0 Å². The Kier molecular flexibility index (Phi) is 14.8. The minimum absolute atomic E-state index is 0.0360. The first-order valence-corrected chi connectivity index (χ1v) is 16.2. The van der Waals surface area contributed by atoms with Gasteiger partial charge in [-0.3, -0.25) is 0 Å². The number of rotatable bonds is 19. The van der Waals surface area contributed by atoms with Crippen LogP contribution in [0.1, 0.15) is 108 Å². The largest absolute Gasteiger partial charge is 0.106 e. The van der Waals surface area contributed by atoms with Gasteiger partial charge in [0.15, 0.2) is 0 Å². The van der Waals surface area contributed by atoms with Crippen molar-refractivity contribution in [3.63, 3.8) is 0 Å². The summed E-state index contributed by atoms with van der Waals surface area (Å²) in [5, 5.41) is 0.413. The van der Waals surface area contributed by atoms with E-state index in [1.54, 1.807) is 0 Å². The molecular formula is C32H51P. The first-order chi connectivity index (χ1) is 16.2. The Hall–Kier alpha value is -1.13. The fourth-order valence-corrected chi connectivity index (χ4v) is 6.81. The van der Waals surface area contributed by atoms with E-state index in [1.807, 2.05) is 0 Å².